The lowest BCUT2D eigenvalue weighted by Gasteiger charge is -2.24. The van der Waals surface area contributed by atoms with E-state index in [0.29, 0.717) is 35.1 Å². The molecule has 2 N–H and O–H groups in total. The maximum absolute atomic E-state index is 9.35. The van der Waals surface area contributed by atoms with Crippen LogP contribution in [0.25, 0.3) is 22.1 Å². The molecule has 1 fully saturated rings. The van der Waals surface area contributed by atoms with Gasteiger partial charge < -0.3 is 15.2 Å². The Kier molecular flexibility index (Phi) is 4.81. The number of nitrogens with zero attached hydrogens (tertiary/aromatic N) is 6. The first-order chi connectivity index (χ1) is 14.7. The molecule has 9 heteroatoms. The number of hydrogen-bond acceptors (Lipinski definition) is 7. The molecule has 0 spiro atoms. The Morgan fingerprint density at radius 1 is 1.27 bits per heavy atom. The highest BCUT2D eigenvalue weighted by atomic mass is 35.5. The fourth-order valence-electron chi connectivity index (χ4n) is 4.06. The molecule has 8 nitrogen and oxygen atoms in total. The van der Waals surface area contributed by atoms with Gasteiger partial charge >= 0.3 is 0 Å². The van der Waals surface area contributed by atoms with E-state index in [9.17, 15) is 5.26 Å². The number of nitriles is 1. The first-order valence-electron chi connectivity index (χ1n) is 9.83. The van der Waals surface area contributed by atoms with Gasteiger partial charge in [0.05, 0.1) is 34.5 Å². The molecule has 4 aromatic rings. The highest BCUT2D eigenvalue weighted by Gasteiger charge is 2.26. The molecule has 1 aromatic carbocycles. The van der Waals surface area contributed by atoms with Crippen LogP contribution < -0.4 is 10.2 Å². The molecule has 5 rings (SSSR count). The van der Waals surface area contributed by atoms with Crippen LogP contribution in [0.1, 0.15) is 12.0 Å². The summed E-state index contributed by atoms with van der Waals surface area (Å²) in [6.45, 7) is 2.20. The van der Waals surface area contributed by atoms with E-state index in [-0.39, 0.29) is 5.92 Å². The summed E-state index contributed by atoms with van der Waals surface area (Å²) in [5.41, 5.74) is 4.47. The molecule has 1 aliphatic rings. The zero-order valence-corrected chi connectivity index (χ0v) is 16.9. The number of anilines is 2. The molecule has 0 saturated carbocycles. The molecule has 0 aliphatic carbocycles. The zero-order valence-electron chi connectivity index (χ0n) is 16.1. The number of aromatic amines is 1. The van der Waals surface area contributed by atoms with Crippen molar-refractivity contribution in [1.29, 1.82) is 5.26 Å². The summed E-state index contributed by atoms with van der Waals surface area (Å²) in [6.07, 6.45) is 6.50. The SMILES string of the molecule is N#CC1CCN(c2c(CCNc3ncnc4[nH]cnc34)cc(Cl)c3cccnc23)C1. The second kappa shape index (κ2) is 7.76. The van der Waals surface area contributed by atoms with Gasteiger partial charge in [0.25, 0.3) is 0 Å². The van der Waals surface area contributed by atoms with Crippen molar-refractivity contribution in [3.8, 4) is 6.07 Å². The Labute approximate surface area is 177 Å². The number of pyridine rings is 1. The largest absolute Gasteiger partial charge is 0.368 e. The summed E-state index contributed by atoms with van der Waals surface area (Å²) < 4.78 is 0. The van der Waals surface area contributed by atoms with Gasteiger partial charge in [-0.15, -0.1) is 0 Å². The molecule has 1 aliphatic heterocycles. The third-order valence-corrected chi connectivity index (χ3v) is 5.80. The summed E-state index contributed by atoms with van der Waals surface area (Å²) in [4.78, 5) is 22.7. The van der Waals surface area contributed by atoms with E-state index >= 15 is 0 Å². The Morgan fingerprint density at radius 3 is 3.07 bits per heavy atom. The molecule has 0 radical (unpaired) electrons. The lowest BCUT2D eigenvalue weighted by molar-refractivity contribution is 0.754. The lowest BCUT2D eigenvalue weighted by atomic mass is 10.0. The second-order valence-electron chi connectivity index (χ2n) is 7.33. The Bertz CT molecular complexity index is 1260. The van der Waals surface area contributed by atoms with Crippen LogP contribution in [0.2, 0.25) is 5.02 Å². The van der Waals surface area contributed by atoms with Gasteiger partial charge in [0.15, 0.2) is 11.5 Å². The smallest absolute Gasteiger partial charge is 0.162 e. The second-order valence-corrected chi connectivity index (χ2v) is 7.73. The van der Waals surface area contributed by atoms with E-state index in [1.807, 2.05) is 18.2 Å². The molecule has 30 heavy (non-hydrogen) atoms. The average molecular weight is 419 g/mol. The monoisotopic (exact) mass is 418 g/mol. The third kappa shape index (κ3) is 3.27. The van der Waals surface area contributed by atoms with E-state index in [1.165, 1.54) is 6.33 Å². The van der Waals surface area contributed by atoms with Crippen molar-refractivity contribution in [2.24, 2.45) is 5.92 Å². The maximum Gasteiger partial charge on any atom is 0.162 e. The quantitative estimate of drug-likeness (QED) is 0.510. The highest BCUT2D eigenvalue weighted by Crippen LogP contribution is 2.37. The van der Waals surface area contributed by atoms with Gasteiger partial charge in [0.1, 0.15) is 11.8 Å². The summed E-state index contributed by atoms with van der Waals surface area (Å²) >= 11 is 6.59. The van der Waals surface area contributed by atoms with Crippen LogP contribution >= 0.6 is 11.6 Å². The van der Waals surface area contributed by atoms with Crippen LogP contribution in [0.5, 0.6) is 0 Å². The molecule has 4 heterocycles. The number of halogens is 1. The van der Waals surface area contributed by atoms with Crippen LogP contribution in [-0.4, -0.2) is 44.6 Å². The van der Waals surface area contributed by atoms with E-state index in [2.05, 4.69) is 41.2 Å². The van der Waals surface area contributed by atoms with Crippen molar-refractivity contribution in [1.82, 2.24) is 24.9 Å². The fourth-order valence-corrected chi connectivity index (χ4v) is 4.34. The van der Waals surface area contributed by atoms with E-state index in [4.69, 9.17) is 11.6 Å². The topological polar surface area (TPSA) is 106 Å². The number of aromatic nitrogens is 5. The van der Waals surface area contributed by atoms with Crippen molar-refractivity contribution >= 4 is 45.2 Å². The van der Waals surface area contributed by atoms with Crippen molar-refractivity contribution in [2.75, 3.05) is 29.9 Å². The molecule has 3 aromatic heterocycles. The number of imidazole rings is 1. The Hall–Kier alpha value is -3.44. The van der Waals surface area contributed by atoms with Gasteiger partial charge in [-0.2, -0.15) is 5.26 Å². The van der Waals surface area contributed by atoms with Crippen LogP contribution in [0.15, 0.2) is 37.1 Å². The van der Waals surface area contributed by atoms with E-state index in [1.54, 1.807) is 12.5 Å². The third-order valence-electron chi connectivity index (χ3n) is 5.49. The molecular weight excluding hydrogens is 400 g/mol. The molecule has 0 bridgehead atoms. The Morgan fingerprint density at radius 2 is 2.20 bits per heavy atom. The summed E-state index contributed by atoms with van der Waals surface area (Å²) in [6, 6.07) is 8.30. The molecule has 150 valence electrons. The molecular formula is C21H19ClN8. The standard InChI is InChI=1S/C21H19ClN8/c22-16-8-14(3-6-25-20-18-21(27-11-26-18)29-12-28-20)19(17-15(16)2-1-5-24-17)30-7-4-13(9-23)10-30/h1-2,5,8,11-13H,3-4,6-7,10H2,(H2,25,26,27,28,29). The van der Waals surface area contributed by atoms with Crippen LogP contribution in [0, 0.1) is 17.2 Å². The van der Waals surface area contributed by atoms with Crippen LogP contribution in [-0.2, 0) is 6.42 Å². The normalized spacial score (nSPS) is 16.3. The van der Waals surface area contributed by atoms with Crippen molar-refractivity contribution in [3.05, 3.63) is 47.6 Å². The number of nitrogens with one attached hydrogen (secondary N) is 2. The molecule has 1 atom stereocenters. The molecule has 0 amide bonds. The number of hydrogen-bond donors (Lipinski definition) is 2. The summed E-state index contributed by atoms with van der Waals surface area (Å²) in [7, 11) is 0. The molecule has 1 unspecified atom stereocenters. The number of H-pyrrole nitrogens is 1. The van der Waals surface area contributed by atoms with Crippen molar-refractivity contribution < 1.29 is 0 Å². The van der Waals surface area contributed by atoms with E-state index in [0.717, 1.165) is 41.5 Å². The maximum atomic E-state index is 9.35. The van der Waals surface area contributed by atoms with E-state index < -0.39 is 0 Å². The zero-order chi connectivity index (χ0) is 20.5. The van der Waals surface area contributed by atoms with Crippen LogP contribution in [0.4, 0.5) is 11.5 Å². The predicted octanol–water partition coefficient (Wildman–Crippen LogP) is 3.56. The summed E-state index contributed by atoms with van der Waals surface area (Å²) in [5, 5.41) is 14.3. The minimum Gasteiger partial charge on any atom is -0.368 e. The molecule has 1 saturated heterocycles. The first kappa shape index (κ1) is 18.6. The summed E-state index contributed by atoms with van der Waals surface area (Å²) in [5.74, 6) is 0.734. The fraction of sp³-hybridized carbons (Fsp3) is 0.286. The van der Waals surface area contributed by atoms with Crippen molar-refractivity contribution in [3.63, 3.8) is 0 Å². The van der Waals surface area contributed by atoms with Gasteiger partial charge in [-0.1, -0.05) is 11.6 Å². The minimum absolute atomic E-state index is 0.0411. The van der Waals surface area contributed by atoms with Crippen LogP contribution in [0.3, 0.4) is 0 Å². The van der Waals surface area contributed by atoms with Gasteiger partial charge in [-0.3, -0.25) is 4.98 Å². The lowest BCUT2D eigenvalue weighted by Crippen LogP contribution is -2.22. The Balaban J connectivity index is 1.47. The highest BCUT2D eigenvalue weighted by molar-refractivity contribution is 6.36. The van der Waals surface area contributed by atoms with Gasteiger partial charge in [-0.05, 0) is 36.6 Å². The van der Waals surface area contributed by atoms with Crippen molar-refractivity contribution in [2.45, 2.75) is 12.8 Å². The average Bonchev–Trinajstić information content (AvgIpc) is 3.44. The number of rotatable bonds is 5. The number of benzene rings is 1. The van der Waals surface area contributed by atoms with Gasteiger partial charge in [0, 0.05) is 31.2 Å². The van der Waals surface area contributed by atoms with Gasteiger partial charge in [0.2, 0.25) is 0 Å². The first-order valence-corrected chi connectivity index (χ1v) is 10.2. The predicted molar refractivity (Wildman–Crippen MR) is 117 cm³/mol. The van der Waals surface area contributed by atoms with Gasteiger partial charge in [-0.25, -0.2) is 15.0 Å². The minimum atomic E-state index is 0.0411. The number of fused-ring (bicyclic) bond motifs is 2.